The molecule has 11 heavy (non-hydrogen) atoms. The molecule has 0 aromatic heterocycles. The number of hydrogen-bond donors (Lipinski definition) is 2. The highest BCUT2D eigenvalue weighted by Gasteiger charge is 1.83. The van der Waals surface area contributed by atoms with Gasteiger partial charge in [-0.05, 0) is 19.4 Å². The smallest absolute Gasteiger partial charge is 0.231 e. The van der Waals surface area contributed by atoms with Crippen molar-refractivity contribution in [3.63, 3.8) is 0 Å². The minimum Gasteiger partial charge on any atom is -0.330 e. The van der Waals surface area contributed by atoms with E-state index in [1.807, 2.05) is 0 Å². The molecule has 0 atom stereocenters. The first-order chi connectivity index (χ1) is 5.33. The van der Waals surface area contributed by atoms with Crippen LogP contribution in [0.15, 0.2) is 0 Å². The van der Waals surface area contributed by atoms with Crippen LogP contribution in [0.4, 0.5) is 0 Å². The molecule has 0 amide bonds. The van der Waals surface area contributed by atoms with Gasteiger partial charge in [0, 0.05) is 6.42 Å². The normalized spacial score (nSPS) is 6.91. The fourth-order valence-electron chi connectivity index (χ4n) is 0.525. The molecule has 0 unspecified atom stereocenters. The molecule has 4 heteroatoms. The number of carbonyl (C=O) groups excluding carboxylic acids is 1. The molecule has 0 radical (unpaired) electrons. The van der Waals surface area contributed by atoms with Crippen LogP contribution in [0, 0.1) is 16.7 Å². The molecule has 0 heterocycles. The van der Waals surface area contributed by atoms with Crippen molar-refractivity contribution in [2.45, 2.75) is 25.7 Å². The van der Waals surface area contributed by atoms with Gasteiger partial charge in [0.25, 0.3) is 0 Å². The predicted molar refractivity (Wildman–Crippen MR) is 41.5 cm³/mol. The molecule has 0 aromatic rings. The number of nitriles is 1. The Balaban J connectivity index is 0. The highest BCUT2D eigenvalue weighted by atomic mass is 16.1. The molecule has 62 valence electrons. The lowest BCUT2D eigenvalue weighted by Gasteiger charge is -1.89. The Hall–Kier alpha value is -1.17. The van der Waals surface area contributed by atoms with Crippen LogP contribution in [-0.2, 0) is 4.79 Å². The first-order valence-electron chi connectivity index (χ1n) is 3.44. The second-order valence-electron chi connectivity index (χ2n) is 1.86. The van der Waals surface area contributed by atoms with Crippen LogP contribution in [0.1, 0.15) is 25.7 Å². The molecule has 0 aliphatic carbocycles. The van der Waals surface area contributed by atoms with Crippen molar-refractivity contribution in [1.29, 1.82) is 10.7 Å². The van der Waals surface area contributed by atoms with Crippen molar-refractivity contribution < 1.29 is 4.79 Å². The molecular weight excluding hydrogens is 142 g/mol. The van der Waals surface area contributed by atoms with E-state index >= 15 is 0 Å². The predicted octanol–water partition coefficient (Wildman–Crippen LogP) is 0.930. The minimum atomic E-state index is 0.681. The highest BCUT2D eigenvalue weighted by Crippen LogP contribution is 1.95. The van der Waals surface area contributed by atoms with Gasteiger partial charge in [-0.15, -0.1) is 0 Å². The summed E-state index contributed by atoms with van der Waals surface area (Å²) in [7, 11) is 0. The van der Waals surface area contributed by atoms with Gasteiger partial charge in [0.1, 0.15) is 0 Å². The molecule has 0 aliphatic rings. The van der Waals surface area contributed by atoms with E-state index in [1.54, 1.807) is 0 Å². The number of nitrogens with one attached hydrogen (secondary N) is 1. The van der Waals surface area contributed by atoms with E-state index in [1.165, 1.54) is 0 Å². The van der Waals surface area contributed by atoms with Crippen LogP contribution < -0.4 is 5.73 Å². The van der Waals surface area contributed by atoms with Crippen LogP contribution in [0.2, 0.25) is 0 Å². The van der Waals surface area contributed by atoms with Crippen LogP contribution in [0.5, 0.6) is 0 Å². The fourth-order valence-corrected chi connectivity index (χ4v) is 0.525. The van der Waals surface area contributed by atoms with Crippen molar-refractivity contribution in [3.8, 4) is 6.07 Å². The molecule has 0 fully saturated rings. The summed E-state index contributed by atoms with van der Waals surface area (Å²) >= 11 is 0. The molecule has 4 nitrogen and oxygen atoms in total. The van der Waals surface area contributed by atoms with E-state index in [0.717, 1.165) is 31.9 Å². The van der Waals surface area contributed by atoms with Gasteiger partial charge in [-0.3, -0.25) is 0 Å². The molecule has 3 N–H and O–H groups in total. The zero-order chi connectivity index (χ0) is 8.95. The van der Waals surface area contributed by atoms with Gasteiger partial charge in [0.05, 0.1) is 6.07 Å². The Labute approximate surface area is 66.5 Å². The maximum absolute atomic E-state index is 8.35. The Kier molecular flexibility index (Phi) is 18.1. The van der Waals surface area contributed by atoms with Gasteiger partial charge in [-0.25, -0.2) is 10.2 Å². The number of unbranched alkanes of at least 4 members (excludes halogenated alkanes) is 3. The lowest BCUT2D eigenvalue weighted by atomic mass is 10.2. The minimum absolute atomic E-state index is 0.681. The summed E-state index contributed by atoms with van der Waals surface area (Å²) in [6, 6.07) is 2.09. The summed E-state index contributed by atoms with van der Waals surface area (Å²) in [6.45, 7) is 0.755. The third-order valence-electron chi connectivity index (χ3n) is 0.993. The average Bonchev–Trinajstić information content (AvgIpc) is 2.00. The van der Waals surface area contributed by atoms with E-state index in [4.69, 9.17) is 21.2 Å². The molecule has 0 saturated heterocycles. The molecule has 0 spiro atoms. The molecule has 0 saturated carbocycles. The SMILES string of the molecule is N#CCCCCCN.N=C=O. The Morgan fingerprint density at radius 2 is 1.91 bits per heavy atom. The molecule has 0 aromatic carbocycles. The number of nitrogens with zero attached hydrogens (tertiary/aromatic N) is 1. The lowest BCUT2D eigenvalue weighted by molar-refractivity contribution is 0.563. The largest absolute Gasteiger partial charge is 0.330 e. The molecular formula is C7H13N3O. The van der Waals surface area contributed by atoms with Crippen LogP contribution >= 0.6 is 0 Å². The topological polar surface area (TPSA) is 90.7 Å². The van der Waals surface area contributed by atoms with Crippen molar-refractivity contribution >= 4 is 6.08 Å². The van der Waals surface area contributed by atoms with E-state index in [0.29, 0.717) is 6.42 Å². The maximum Gasteiger partial charge on any atom is 0.231 e. The van der Waals surface area contributed by atoms with Gasteiger partial charge in [-0.1, -0.05) is 6.42 Å². The fraction of sp³-hybridized carbons (Fsp3) is 0.714. The van der Waals surface area contributed by atoms with Crippen LogP contribution in [-0.4, -0.2) is 12.6 Å². The molecule has 0 bridgehead atoms. The Morgan fingerprint density at radius 1 is 1.36 bits per heavy atom. The third kappa shape index (κ3) is 28.1. The second kappa shape index (κ2) is 15.9. The van der Waals surface area contributed by atoms with Gasteiger partial charge in [0.2, 0.25) is 6.08 Å². The molecule has 0 aliphatic heterocycles. The van der Waals surface area contributed by atoms with Gasteiger partial charge in [0.15, 0.2) is 0 Å². The van der Waals surface area contributed by atoms with E-state index in [-0.39, 0.29) is 0 Å². The number of hydrogen-bond acceptors (Lipinski definition) is 4. The number of nitrogens with two attached hydrogens (primary N) is 1. The van der Waals surface area contributed by atoms with Gasteiger partial charge < -0.3 is 5.73 Å². The zero-order valence-electron chi connectivity index (χ0n) is 6.47. The number of rotatable bonds is 4. The lowest BCUT2D eigenvalue weighted by Crippen LogP contribution is -1.97. The monoisotopic (exact) mass is 155 g/mol. The van der Waals surface area contributed by atoms with Crippen molar-refractivity contribution in [2.24, 2.45) is 5.73 Å². The highest BCUT2D eigenvalue weighted by molar-refractivity contribution is 5.26. The van der Waals surface area contributed by atoms with E-state index in [2.05, 4.69) is 6.07 Å². The Bertz CT molecular complexity index is 133. The van der Waals surface area contributed by atoms with Crippen LogP contribution in [0.25, 0.3) is 0 Å². The zero-order valence-corrected chi connectivity index (χ0v) is 6.47. The van der Waals surface area contributed by atoms with E-state index in [9.17, 15) is 0 Å². The van der Waals surface area contributed by atoms with Crippen molar-refractivity contribution in [2.75, 3.05) is 6.54 Å². The summed E-state index contributed by atoms with van der Waals surface area (Å²) in [5.74, 6) is 0. The quantitative estimate of drug-likeness (QED) is 0.359. The van der Waals surface area contributed by atoms with Crippen LogP contribution in [0.3, 0.4) is 0 Å². The molecule has 0 rings (SSSR count). The second-order valence-corrected chi connectivity index (χ2v) is 1.86. The summed E-state index contributed by atoms with van der Waals surface area (Å²) in [6.07, 6.45) is 4.60. The average molecular weight is 155 g/mol. The van der Waals surface area contributed by atoms with Crippen molar-refractivity contribution in [1.82, 2.24) is 0 Å². The standard InChI is InChI=1S/C6H12N2.CHNO/c7-5-3-1-2-4-6-8;2-1-3/h1-5,7H2;2H. The first kappa shape index (κ1) is 12.5. The summed E-state index contributed by atoms with van der Waals surface area (Å²) in [4.78, 5) is 8.35. The number of isocyanates is 1. The van der Waals surface area contributed by atoms with Gasteiger partial charge in [-0.2, -0.15) is 5.26 Å². The summed E-state index contributed by atoms with van der Waals surface area (Å²) in [5, 5.41) is 13.5. The maximum atomic E-state index is 8.35. The first-order valence-corrected chi connectivity index (χ1v) is 3.44. The summed E-state index contributed by atoms with van der Waals surface area (Å²) < 4.78 is 0. The third-order valence-corrected chi connectivity index (χ3v) is 0.993. The Morgan fingerprint density at radius 3 is 2.27 bits per heavy atom. The van der Waals surface area contributed by atoms with E-state index < -0.39 is 0 Å². The van der Waals surface area contributed by atoms with Crippen molar-refractivity contribution in [3.05, 3.63) is 0 Å². The van der Waals surface area contributed by atoms with Gasteiger partial charge >= 0.3 is 0 Å². The summed E-state index contributed by atoms with van der Waals surface area (Å²) in [5.41, 5.74) is 5.23.